The highest BCUT2D eigenvalue weighted by atomic mass is 32.2. The number of hydrogen-bond acceptors (Lipinski definition) is 4. The lowest BCUT2D eigenvalue weighted by Gasteiger charge is -2.16. The zero-order valence-corrected chi connectivity index (χ0v) is 16.8. The largest absolute Gasteiger partial charge is 0.465 e. The first kappa shape index (κ1) is 21.9. The SMILES string of the molecule is CCC(Sc1cc(NC(=O)c2ccccc2)c(F)cc1F)C(=O)OCC(C)C. The minimum Gasteiger partial charge on any atom is -0.465 e. The summed E-state index contributed by atoms with van der Waals surface area (Å²) >= 11 is 0.953. The van der Waals surface area contributed by atoms with Crippen LogP contribution < -0.4 is 5.32 Å². The van der Waals surface area contributed by atoms with Crippen molar-refractivity contribution in [1.82, 2.24) is 0 Å². The second-order valence-electron chi connectivity index (χ2n) is 6.62. The molecule has 0 aliphatic carbocycles. The minimum absolute atomic E-state index is 0.0677. The Morgan fingerprint density at radius 1 is 1.11 bits per heavy atom. The van der Waals surface area contributed by atoms with Crippen LogP contribution in [0, 0.1) is 17.6 Å². The number of carbonyl (C=O) groups excluding carboxylic acids is 2. The summed E-state index contributed by atoms with van der Waals surface area (Å²) in [4.78, 5) is 24.5. The molecule has 1 amide bonds. The van der Waals surface area contributed by atoms with Gasteiger partial charge in [-0.1, -0.05) is 39.0 Å². The molecule has 2 rings (SSSR count). The average molecular weight is 407 g/mol. The molecule has 0 aliphatic rings. The van der Waals surface area contributed by atoms with Gasteiger partial charge in [0, 0.05) is 16.5 Å². The lowest BCUT2D eigenvalue weighted by Crippen LogP contribution is -2.21. The highest BCUT2D eigenvalue weighted by molar-refractivity contribution is 8.00. The maximum absolute atomic E-state index is 14.2. The van der Waals surface area contributed by atoms with E-state index in [1.54, 1.807) is 37.3 Å². The number of amides is 1. The quantitative estimate of drug-likeness (QED) is 0.477. The average Bonchev–Trinajstić information content (AvgIpc) is 2.67. The van der Waals surface area contributed by atoms with Gasteiger partial charge in [0.05, 0.1) is 12.3 Å². The van der Waals surface area contributed by atoms with Gasteiger partial charge in [0.1, 0.15) is 16.9 Å². The molecule has 2 aromatic carbocycles. The van der Waals surface area contributed by atoms with Crippen LogP contribution in [-0.2, 0) is 9.53 Å². The topological polar surface area (TPSA) is 55.4 Å². The predicted molar refractivity (Wildman–Crippen MR) is 106 cm³/mol. The standard InChI is InChI=1S/C21H23F2NO3S/c1-4-18(21(26)27-12-13(2)3)28-19-11-17(15(22)10-16(19)23)24-20(25)14-8-6-5-7-9-14/h5-11,13,18H,4,12H2,1-3H3,(H,24,25). The second-order valence-corrected chi connectivity index (χ2v) is 7.87. The first-order valence-corrected chi connectivity index (χ1v) is 9.88. The molecule has 1 atom stereocenters. The van der Waals surface area contributed by atoms with Crippen molar-refractivity contribution in [3.63, 3.8) is 0 Å². The first-order chi connectivity index (χ1) is 13.3. The summed E-state index contributed by atoms with van der Waals surface area (Å²) in [5.74, 6) is -2.45. The van der Waals surface area contributed by atoms with Gasteiger partial charge in [-0.05, 0) is 30.5 Å². The molecule has 2 aromatic rings. The Morgan fingerprint density at radius 3 is 2.39 bits per heavy atom. The molecule has 0 spiro atoms. The van der Waals surface area contributed by atoms with Crippen molar-refractivity contribution >= 4 is 29.3 Å². The van der Waals surface area contributed by atoms with Crippen LogP contribution in [-0.4, -0.2) is 23.7 Å². The van der Waals surface area contributed by atoms with Gasteiger partial charge >= 0.3 is 5.97 Å². The Labute approximate surface area is 167 Å². The molecule has 0 heterocycles. The van der Waals surface area contributed by atoms with Crippen LogP contribution in [0.4, 0.5) is 14.5 Å². The summed E-state index contributed by atoms with van der Waals surface area (Å²) in [6.07, 6.45) is 0.421. The first-order valence-electron chi connectivity index (χ1n) is 9.00. The van der Waals surface area contributed by atoms with Crippen LogP contribution in [0.5, 0.6) is 0 Å². The predicted octanol–water partition coefficient (Wildman–Crippen LogP) is 5.29. The maximum atomic E-state index is 14.2. The van der Waals surface area contributed by atoms with E-state index in [1.807, 2.05) is 13.8 Å². The Kier molecular flexibility index (Phi) is 7.99. The third kappa shape index (κ3) is 6.05. The molecular formula is C21H23F2NO3S. The van der Waals surface area contributed by atoms with Gasteiger partial charge in [-0.2, -0.15) is 0 Å². The number of anilines is 1. The van der Waals surface area contributed by atoms with Gasteiger partial charge < -0.3 is 10.1 Å². The molecule has 0 fully saturated rings. The van der Waals surface area contributed by atoms with E-state index >= 15 is 0 Å². The second kappa shape index (κ2) is 10.2. The normalized spacial score (nSPS) is 11.9. The molecule has 0 saturated carbocycles. The van der Waals surface area contributed by atoms with Gasteiger partial charge in [-0.15, -0.1) is 11.8 Å². The number of thioether (sulfide) groups is 1. The Hall–Kier alpha value is -2.41. The zero-order chi connectivity index (χ0) is 20.7. The number of ether oxygens (including phenoxy) is 1. The van der Waals surface area contributed by atoms with Gasteiger partial charge in [-0.25, -0.2) is 8.78 Å². The molecule has 4 nitrogen and oxygen atoms in total. The molecule has 28 heavy (non-hydrogen) atoms. The summed E-state index contributed by atoms with van der Waals surface area (Å²) in [5, 5.41) is 1.82. The van der Waals surface area contributed by atoms with Crippen molar-refractivity contribution in [2.75, 3.05) is 11.9 Å². The third-order valence-corrected chi connectivity index (χ3v) is 5.14. The molecule has 7 heteroatoms. The molecule has 1 unspecified atom stereocenters. The van der Waals surface area contributed by atoms with Crippen LogP contribution >= 0.6 is 11.8 Å². The van der Waals surface area contributed by atoms with Gasteiger partial charge in [-0.3, -0.25) is 9.59 Å². The van der Waals surface area contributed by atoms with Crippen LogP contribution in [0.25, 0.3) is 0 Å². The fourth-order valence-electron chi connectivity index (χ4n) is 2.29. The van der Waals surface area contributed by atoms with E-state index in [0.29, 0.717) is 18.1 Å². The number of nitrogens with one attached hydrogen (secondary N) is 1. The summed E-state index contributed by atoms with van der Waals surface area (Å²) < 4.78 is 33.6. The van der Waals surface area contributed by atoms with Crippen molar-refractivity contribution < 1.29 is 23.1 Å². The molecule has 0 saturated heterocycles. The zero-order valence-electron chi connectivity index (χ0n) is 16.0. The molecule has 0 bridgehead atoms. The fourth-order valence-corrected chi connectivity index (χ4v) is 3.29. The lowest BCUT2D eigenvalue weighted by atomic mass is 10.2. The summed E-state index contributed by atoms with van der Waals surface area (Å²) in [5.41, 5.74) is 0.201. The van der Waals surface area contributed by atoms with Crippen molar-refractivity contribution in [2.24, 2.45) is 5.92 Å². The maximum Gasteiger partial charge on any atom is 0.319 e. The number of esters is 1. The number of benzene rings is 2. The van der Waals surface area contributed by atoms with Crippen molar-refractivity contribution in [3.8, 4) is 0 Å². The third-order valence-electron chi connectivity index (χ3n) is 3.77. The molecule has 0 aromatic heterocycles. The number of halogens is 2. The van der Waals surface area contributed by atoms with Crippen LogP contribution in [0.3, 0.4) is 0 Å². The highest BCUT2D eigenvalue weighted by Gasteiger charge is 2.23. The van der Waals surface area contributed by atoms with E-state index in [4.69, 9.17) is 4.74 Å². The summed E-state index contributed by atoms with van der Waals surface area (Å²) in [6, 6.07) is 10.2. The molecule has 0 radical (unpaired) electrons. The van der Waals surface area contributed by atoms with Crippen molar-refractivity contribution in [1.29, 1.82) is 0 Å². The van der Waals surface area contributed by atoms with Gasteiger partial charge in [0.25, 0.3) is 5.91 Å². The van der Waals surface area contributed by atoms with Crippen LogP contribution in [0.2, 0.25) is 0 Å². The monoisotopic (exact) mass is 407 g/mol. The van der Waals surface area contributed by atoms with Crippen molar-refractivity contribution in [3.05, 3.63) is 59.7 Å². The molecule has 150 valence electrons. The Balaban J connectivity index is 2.17. The number of carbonyl (C=O) groups is 2. The van der Waals surface area contributed by atoms with Gasteiger partial charge in [0.15, 0.2) is 0 Å². The number of rotatable bonds is 8. The van der Waals surface area contributed by atoms with E-state index in [-0.39, 0.29) is 23.1 Å². The van der Waals surface area contributed by atoms with Gasteiger partial charge in [0.2, 0.25) is 0 Å². The number of hydrogen-bond donors (Lipinski definition) is 1. The minimum atomic E-state index is -0.887. The highest BCUT2D eigenvalue weighted by Crippen LogP contribution is 2.32. The van der Waals surface area contributed by atoms with Crippen molar-refractivity contribution in [2.45, 2.75) is 37.3 Å². The molecule has 0 aliphatic heterocycles. The van der Waals surface area contributed by atoms with Crippen LogP contribution in [0.1, 0.15) is 37.6 Å². The smallest absolute Gasteiger partial charge is 0.319 e. The van der Waals surface area contributed by atoms with E-state index in [9.17, 15) is 18.4 Å². The summed E-state index contributed by atoms with van der Waals surface area (Å²) in [6.45, 7) is 5.90. The Morgan fingerprint density at radius 2 is 1.79 bits per heavy atom. The molecule has 1 N–H and O–H groups in total. The van der Waals surface area contributed by atoms with E-state index in [2.05, 4.69) is 5.32 Å². The Bertz CT molecular complexity index is 828. The summed E-state index contributed by atoms with van der Waals surface area (Å²) in [7, 11) is 0. The van der Waals surface area contributed by atoms with E-state index in [1.165, 1.54) is 6.07 Å². The van der Waals surface area contributed by atoms with Crippen LogP contribution in [0.15, 0.2) is 47.4 Å². The lowest BCUT2D eigenvalue weighted by molar-refractivity contribution is -0.144. The van der Waals surface area contributed by atoms with E-state index in [0.717, 1.165) is 11.8 Å². The van der Waals surface area contributed by atoms with E-state index < -0.39 is 28.8 Å². The molecular weight excluding hydrogens is 384 g/mol. The fraction of sp³-hybridized carbons (Fsp3) is 0.333.